The third-order valence-corrected chi connectivity index (χ3v) is 5.16. The van der Waals surface area contributed by atoms with Crippen molar-refractivity contribution in [1.29, 1.82) is 0 Å². The van der Waals surface area contributed by atoms with Gasteiger partial charge in [0.05, 0.1) is 0 Å². The summed E-state index contributed by atoms with van der Waals surface area (Å²) in [5.74, 6) is -2.04. The standard InChI is InChI=1S/C4H9O2PS2/c1-3-4-9-7(5,8)6-2/h3H,1,4H2,2H3,(H,5,8). The van der Waals surface area contributed by atoms with Gasteiger partial charge in [-0.1, -0.05) is 29.7 Å². The molecule has 0 heterocycles. The molecule has 0 N–H and O–H groups in total. The first kappa shape index (κ1) is 9.63. The van der Waals surface area contributed by atoms with E-state index in [9.17, 15) is 4.57 Å². The van der Waals surface area contributed by atoms with Gasteiger partial charge in [-0.2, -0.15) is 0 Å². The first-order valence-corrected chi connectivity index (χ1v) is 6.63. The van der Waals surface area contributed by atoms with E-state index in [-0.39, 0.29) is 0 Å². The fourth-order valence-corrected chi connectivity index (χ4v) is 2.40. The molecule has 0 saturated carbocycles. The van der Waals surface area contributed by atoms with Crippen molar-refractivity contribution in [3.8, 4) is 0 Å². The van der Waals surface area contributed by atoms with Gasteiger partial charge in [-0.15, -0.1) is 6.58 Å². The molecular formula is C4H9O2PS2. The fourth-order valence-electron chi connectivity index (χ4n) is 0.200. The summed E-state index contributed by atoms with van der Waals surface area (Å²) in [4.78, 5) is 0. The molecule has 0 aromatic carbocycles. The second kappa shape index (κ2) is 4.45. The van der Waals surface area contributed by atoms with Gasteiger partial charge in [0.2, 0.25) is 0 Å². The summed E-state index contributed by atoms with van der Waals surface area (Å²) in [6, 6.07) is 0. The molecule has 9 heavy (non-hydrogen) atoms. The minimum absolute atomic E-state index is 0.606. The van der Waals surface area contributed by atoms with E-state index in [2.05, 4.69) is 23.4 Å². The number of hydrogen-bond donors (Lipinski definition) is 1. The Balaban J connectivity index is 3.58. The van der Waals surface area contributed by atoms with Crippen LogP contribution < -0.4 is 0 Å². The molecule has 0 aliphatic carbocycles. The molecule has 1 unspecified atom stereocenters. The van der Waals surface area contributed by atoms with Crippen molar-refractivity contribution in [3.63, 3.8) is 0 Å². The molecule has 0 aromatic rings. The zero-order chi connectivity index (χ0) is 7.33. The first-order valence-electron chi connectivity index (χ1n) is 2.26. The molecule has 1 atom stereocenters. The van der Waals surface area contributed by atoms with Gasteiger partial charge in [-0.25, -0.2) is 0 Å². The van der Waals surface area contributed by atoms with Gasteiger partial charge in [0, 0.05) is 12.9 Å². The fraction of sp³-hybridized carbons (Fsp3) is 0.500. The van der Waals surface area contributed by atoms with Crippen molar-refractivity contribution in [1.82, 2.24) is 0 Å². The summed E-state index contributed by atoms with van der Waals surface area (Å²) >= 11 is 4.93. The Morgan fingerprint density at radius 1 is 2.00 bits per heavy atom. The molecule has 0 aromatic heterocycles. The summed E-state index contributed by atoms with van der Waals surface area (Å²) in [5, 5.41) is 0. The van der Waals surface area contributed by atoms with Crippen LogP contribution in [0.1, 0.15) is 0 Å². The molecule has 0 aliphatic rings. The second-order valence-corrected chi connectivity index (χ2v) is 7.74. The van der Waals surface area contributed by atoms with E-state index in [0.717, 1.165) is 11.4 Å². The lowest BCUT2D eigenvalue weighted by atomic mass is 10.8. The van der Waals surface area contributed by atoms with Crippen LogP contribution in [0.4, 0.5) is 0 Å². The zero-order valence-corrected chi connectivity index (χ0v) is 7.72. The lowest BCUT2D eigenvalue weighted by Crippen LogP contribution is -1.71. The zero-order valence-electron chi connectivity index (χ0n) is 5.11. The Morgan fingerprint density at radius 2 is 2.56 bits per heavy atom. The summed E-state index contributed by atoms with van der Waals surface area (Å²) in [6.07, 6.45) is 1.66. The number of hydrogen-bond acceptors (Lipinski definition) is 3. The van der Waals surface area contributed by atoms with Crippen LogP contribution >= 0.6 is 29.4 Å². The molecule has 54 valence electrons. The van der Waals surface area contributed by atoms with Crippen LogP contribution in [0.3, 0.4) is 0 Å². The lowest BCUT2D eigenvalue weighted by Gasteiger charge is -2.04. The van der Waals surface area contributed by atoms with Crippen LogP contribution in [0.25, 0.3) is 0 Å². The van der Waals surface area contributed by atoms with Crippen molar-refractivity contribution >= 4 is 29.4 Å². The van der Waals surface area contributed by atoms with Crippen LogP contribution in [0.5, 0.6) is 0 Å². The van der Waals surface area contributed by atoms with Gasteiger partial charge >= 0.3 is 5.77 Å². The monoisotopic (exact) mass is 184 g/mol. The van der Waals surface area contributed by atoms with Crippen molar-refractivity contribution in [3.05, 3.63) is 12.7 Å². The minimum atomic E-state index is -2.65. The average Bonchev–Trinajstić information content (AvgIpc) is 1.84. The number of rotatable bonds is 4. The van der Waals surface area contributed by atoms with Gasteiger partial charge in [-0.3, -0.25) is 4.57 Å². The van der Waals surface area contributed by atoms with Crippen molar-refractivity contribution < 1.29 is 9.09 Å². The van der Waals surface area contributed by atoms with Crippen LogP contribution in [0, 0.1) is 0 Å². The molecule has 0 radical (unpaired) electrons. The molecule has 5 heteroatoms. The van der Waals surface area contributed by atoms with Gasteiger partial charge in [0.25, 0.3) is 0 Å². The molecular weight excluding hydrogens is 175 g/mol. The predicted octanol–water partition coefficient (Wildman–Crippen LogP) is 2.59. The molecule has 0 saturated heterocycles. The Kier molecular flexibility index (Phi) is 4.76. The molecule has 2 nitrogen and oxygen atoms in total. The van der Waals surface area contributed by atoms with Crippen LogP contribution in [0.15, 0.2) is 12.7 Å². The van der Waals surface area contributed by atoms with Gasteiger partial charge in [-0.05, 0) is 0 Å². The van der Waals surface area contributed by atoms with Crippen molar-refractivity contribution in [2.75, 3.05) is 12.9 Å². The second-order valence-electron chi connectivity index (χ2n) is 1.24. The summed E-state index contributed by atoms with van der Waals surface area (Å²) in [5.41, 5.74) is 0. The maximum atomic E-state index is 10.9. The van der Waals surface area contributed by atoms with Crippen molar-refractivity contribution in [2.45, 2.75) is 0 Å². The highest BCUT2D eigenvalue weighted by Gasteiger charge is 2.13. The third kappa shape index (κ3) is 5.09. The molecule has 0 bridgehead atoms. The highest BCUT2D eigenvalue weighted by Crippen LogP contribution is 2.62. The molecule has 0 spiro atoms. The average molecular weight is 184 g/mol. The SMILES string of the molecule is C=CCSP(=O)(S)OC. The Morgan fingerprint density at radius 3 is 2.89 bits per heavy atom. The maximum Gasteiger partial charge on any atom is 0.310 e. The van der Waals surface area contributed by atoms with E-state index in [1.165, 1.54) is 7.11 Å². The Labute approximate surface area is 64.4 Å². The highest BCUT2D eigenvalue weighted by atomic mass is 33.1. The van der Waals surface area contributed by atoms with E-state index in [1.807, 2.05) is 0 Å². The van der Waals surface area contributed by atoms with Crippen molar-refractivity contribution in [2.24, 2.45) is 0 Å². The van der Waals surface area contributed by atoms with E-state index in [4.69, 9.17) is 0 Å². The molecule has 0 aliphatic heterocycles. The lowest BCUT2D eigenvalue weighted by molar-refractivity contribution is 0.424. The smallest absolute Gasteiger partial charge is 0.310 e. The van der Waals surface area contributed by atoms with E-state index in [0.29, 0.717) is 5.75 Å². The molecule has 0 amide bonds. The normalized spacial score (nSPS) is 16.7. The quantitative estimate of drug-likeness (QED) is 0.413. The topological polar surface area (TPSA) is 26.3 Å². The van der Waals surface area contributed by atoms with Crippen LogP contribution in [-0.4, -0.2) is 12.9 Å². The Hall–Kier alpha value is 0.630. The molecule has 0 fully saturated rings. The predicted molar refractivity (Wildman–Crippen MR) is 46.3 cm³/mol. The number of thiol groups is 1. The van der Waals surface area contributed by atoms with Gasteiger partial charge in [0.1, 0.15) is 0 Å². The molecule has 0 rings (SSSR count). The maximum absolute atomic E-state index is 10.9. The Bertz CT molecular complexity index is 137. The highest BCUT2D eigenvalue weighted by molar-refractivity contribution is 8.84. The first-order chi connectivity index (χ1) is 4.12. The van der Waals surface area contributed by atoms with Crippen LogP contribution in [0.2, 0.25) is 0 Å². The van der Waals surface area contributed by atoms with E-state index in [1.54, 1.807) is 6.08 Å². The summed E-state index contributed by atoms with van der Waals surface area (Å²) < 4.78 is 15.5. The van der Waals surface area contributed by atoms with E-state index >= 15 is 0 Å². The van der Waals surface area contributed by atoms with E-state index < -0.39 is 5.77 Å². The van der Waals surface area contributed by atoms with Crippen LogP contribution in [-0.2, 0) is 9.09 Å². The summed E-state index contributed by atoms with van der Waals surface area (Å²) in [7, 11) is 1.38. The largest absolute Gasteiger partial charge is 0.317 e. The van der Waals surface area contributed by atoms with Gasteiger partial charge < -0.3 is 4.52 Å². The van der Waals surface area contributed by atoms with Gasteiger partial charge in [0.15, 0.2) is 0 Å². The summed E-state index contributed by atoms with van der Waals surface area (Å²) in [6.45, 7) is 3.47. The third-order valence-electron chi connectivity index (χ3n) is 0.586. The minimum Gasteiger partial charge on any atom is -0.317 e.